The Hall–Kier alpha value is -2.36. The summed E-state index contributed by atoms with van der Waals surface area (Å²) >= 11 is 0. The van der Waals surface area contributed by atoms with Crippen molar-refractivity contribution in [2.45, 2.75) is 20.8 Å². The Morgan fingerprint density at radius 3 is 2.68 bits per heavy atom. The second-order valence-electron chi connectivity index (χ2n) is 4.88. The van der Waals surface area contributed by atoms with Crippen LogP contribution in [0.2, 0.25) is 0 Å². The van der Waals surface area contributed by atoms with E-state index in [1.165, 1.54) is 5.56 Å². The summed E-state index contributed by atoms with van der Waals surface area (Å²) in [6, 6.07) is 4.00. The number of anilines is 1. The molecule has 0 aliphatic carbocycles. The molecule has 0 radical (unpaired) electrons. The first-order chi connectivity index (χ1) is 9.08. The Morgan fingerprint density at radius 1 is 1.16 bits per heavy atom. The highest BCUT2D eigenvalue weighted by atomic mass is 15.1. The molecule has 0 amide bonds. The van der Waals surface area contributed by atoms with E-state index in [1.54, 1.807) is 6.20 Å². The molecule has 3 aromatic rings. The van der Waals surface area contributed by atoms with Crippen LogP contribution in [0.3, 0.4) is 0 Å². The number of hydrogen-bond acceptors (Lipinski definition) is 3. The van der Waals surface area contributed by atoms with Gasteiger partial charge in [0.15, 0.2) is 0 Å². The van der Waals surface area contributed by atoms with Crippen LogP contribution in [0.4, 0.5) is 5.69 Å². The molecular weight excluding hydrogens is 236 g/mol. The smallest absolute Gasteiger partial charge is 0.234 e. The normalized spacial score (nSPS) is 11.1. The first-order valence-electron chi connectivity index (χ1n) is 6.24. The SMILES string of the molecule is Cc1cc(C)c(-c2cn3cccnc3n2)c(C)c1N. The van der Waals surface area contributed by atoms with Gasteiger partial charge in [0, 0.05) is 29.8 Å². The fraction of sp³-hybridized carbons (Fsp3) is 0.200. The summed E-state index contributed by atoms with van der Waals surface area (Å²) in [5, 5.41) is 0. The Balaban J connectivity index is 2.29. The van der Waals surface area contributed by atoms with E-state index in [-0.39, 0.29) is 0 Å². The van der Waals surface area contributed by atoms with Gasteiger partial charge in [-0.25, -0.2) is 9.97 Å². The number of aryl methyl sites for hydroxylation is 2. The average Bonchev–Trinajstić information content (AvgIpc) is 2.79. The second-order valence-corrected chi connectivity index (χ2v) is 4.88. The number of hydrogen-bond donors (Lipinski definition) is 1. The monoisotopic (exact) mass is 252 g/mol. The lowest BCUT2D eigenvalue weighted by Crippen LogP contribution is -1.98. The maximum atomic E-state index is 6.13. The van der Waals surface area contributed by atoms with E-state index in [9.17, 15) is 0 Å². The quantitative estimate of drug-likeness (QED) is 0.677. The number of nitrogens with zero attached hydrogens (tertiary/aromatic N) is 3. The highest BCUT2D eigenvalue weighted by Gasteiger charge is 2.13. The molecule has 2 aromatic heterocycles. The van der Waals surface area contributed by atoms with Crippen molar-refractivity contribution in [3.05, 3.63) is 47.4 Å². The zero-order valence-electron chi connectivity index (χ0n) is 11.3. The summed E-state index contributed by atoms with van der Waals surface area (Å²) < 4.78 is 1.92. The van der Waals surface area contributed by atoms with Crippen molar-refractivity contribution in [1.29, 1.82) is 0 Å². The molecule has 2 N–H and O–H groups in total. The zero-order valence-corrected chi connectivity index (χ0v) is 11.3. The highest BCUT2D eigenvalue weighted by Crippen LogP contribution is 2.32. The van der Waals surface area contributed by atoms with Crippen LogP contribution in [-0.2, 0) is 0 Å². The van der Waals surface area contributed by atoms with Crippen LogP contribution < -0.4 is 5.73 Å². The van der Waals surface area contributed by atoms with Crippen LogP contribution in [0.25, 0.3) is 17.0 Å². The van der Waals surface area contributed by atoms with Gasteiger partial charge in [-0.15, -0.1) is 0 Å². The molecule has 0 spiro atoms. The lowest BCUT2D eigenvalue weighted by molar-refractivity contribution is 1.11. The van der Waals surface area contributed by atoms with Gasteiger partial charge < -0.3 is 5.73 Å². The van der Waals surface area contributed by atoms with Crippen LogP contribution in [0.15, 0.2) is 30.7 Å². The van der Waals surface area contributed by atoms with Gasteiger partial charge in [0.25, 0.3) is 0 Å². The Kier molecular flexibility index (Phi) is 2.52. The molecule has 0 atom stereocenters. The van der Waals surface area contributed by atoms with Crippen LogP contribution >= 0.6 is 0 Å². The minimum Gasteiger partial charge on any atom is -0.398 e. The molecular formula is C15H16N4. The van der Waals surface area contributed by atoms with Gasteiger partial charge >= 0.3 is 0 Å². The molecule has 0 bridgehead atoms. The third kappa shape index (κ3) is 1.76. The van der Waals surface area contributed by atoms with E-state index >= 15 is 0 Å². The summed E-state index contributed by atoms with van der Waals surface area (Å²) in [7, 11) is 0. The van der Waals surface area contributed by atoms with Crippen LogP contribution in [-0.4, -0.2) is 14.4 Å². The van der Waals surface area contributed by atoms with E-state index in [4.69, 9.17) is 5.73 Å². The van der Waals surface area contributed by atoms with E-state index < -0.39 is 0 Å². The van der Waals surface area contributed by atoms with Crippen molar-refractivity contribution in [2.24, 2.45) is 0 Å². The Morgan fingerprint density at radius 2 is 1.95 bits per heavy atom. The van der Waals surface area contributed by atoms with Crippen LogP contribution in [0.1, 0.15) is 16.7 Å². The van der Waals surface area contributed by atoms with E-state index in [2.05, 4.69) is 23.0 Å². The maximum Gasteiger partial charge on any atom is 0.234 e. The summed E-state index contributed by atoms with van der Waals surface area (Å²) in [6.45, 7) is 6.17. The van der Waals surface area contributed by atoms with Crippen molar-refractivity contribution in [3.8, 4) is 11.3 Å². The molecule has 0 saturated carbocycles. The number of fused-ring (bicyclic) bond motifs is 1. The molecule has 0 aliphatic rings. The lowest BCUT2D eigenvalue weighted by Gasteiger charge is -2.12. The fourth-order valence-electron chi connectivity index (χ4n) is 2.55. The number of nitrogens with two attached hydrogens (primary N) is 1. The summed E-state index contributed by atoms with van der Waals surface area (Å²) in [5.74, 6) is 0.704. The van der Waals surface area contributed by atoms with Crippen molar-refractivity contribution in [2.75, 3.05) is 5.73 Å². The second kappa shape index (κ2) is 4.09. The summed E-state index contributed by atoms with van der Waals surface area (Å²) in [6.07, 6.45) is 5.68. The molecule has 4 heteroatoms. The zero-order chi connectivity index (χ0) is 13.6. The topological polar surface area (TPSA) is 56.2 Å². The van der Waals surface area contributed by atoms with Gasteiger partial charge in [0.1, 0.15) is 0 Å². The molecule has 96 valence electrons. The molecule has 1 aromatic carbocycles. The molecule has 0 saturated heterocycles. The lowest BCUT2D eigenvalue weighted by atomic mass is 9.96. The summed E-state index contributed by atoms with van der Waals surface area (Å²) in [4.78, 5) is 8.82. The van der Waals surface area contributed by atoms with Crippen molar-refractivity contribution in [3.63, 3.8) is 0 Å². The van der Waals surface area contributed by atoms with Gasteiger partial charge in [-0.05, 0) is 43.5 Å². The molecule has 2 heterocycles. The first kappa shape index (κ1) is 11.7. The minimum absolute atomic E-state index is 0.704. The maximum absolute atomic E-state index is 6.13. The number of nitrogen functional groups attached to an aromatic ring is 1. The predicted molar refractivity (Wildman–Crippen MR) is 77.0 cm³/mol. The number of aromatic nitrogens is 3. The van der Waals surface area contributed by atoms with Gasteiger partial charge in [-0.1, -0.05) is 6.07 Å². The largest absolute Gasteiger partial charge is 0.398 e. The van der Waals surface area contributed by atoms with Crippen molar-refractivity contribution in [1.82, 2.24) is 14.4 Å². The van der Waals surface area contributed by atoms with Gasteiger partial charge in [0.2, 0.25) is 5.78 Å². The highest BCUT2D eigenvalue weighted by molar-refractivity contribution is 5.76. The molecule has 0 aliphatic heterocycles. The fourth-order valence-corrected chi connectivity index (χ4v) is 2.55. The molecule has 0 unspecified atom stereocenters. The third-order valence-electron chi connectivity index (χ3n) is 3.52. The number of imidazole rings is 1. The van der Waals surface area contributed by atoms with E-state index in [0.29, 0.717) is 5.78 Å². The van der Waals surface area contributed by atoms with Crippen molar-refractivity contribution < 1.29 is 0 Å². The van der Waals surface area contributed by atoms with Crippen LogP contribution in [0.5, 0.6) is 0 Å². The molecule has 4 nitrogen and oxygen atoms in total. The first-order valence-corrected chi connectivity index (χ1v) is 6.24. The van der Waals surface area contributed by atoms with Gasteiger partial charge in [-0.2, -0.15) is 0 Å². The van der Waals surface area contributed by atoms with Gasteiger partial charge in [0.05, 0.1) is 5.69 Å². The molecule has 0 fully saturated rings. The number of rotatable bonds is 1. The van der Waals surface area contributed by atoms with Gasteiger partial charge in [-0.3, -0.25) is 4.40 Å². The minimum atomic E-state index is 0.704. The molecule has 19 heavy (non-hydrogen) atoms. The van der Waals surface area contributed by atoms with Crippen LogP contribution in [0, 0.1) is 20.8 Å². The summed E-state index contributed by atoms with van der Waals surface area (Å²) in [5.41, 5.74) is 12.4. The molecule has 3 rings (SSSR count). The van der Waals surface area contributed by atoms with E-state index in [0.717, 1.165) is 28.1 Å². The third-order valence-corrected chi connectivity index (χ3v) is 3.52. The Bertz CT molecular complexity index is 738. The van der Waals surface area contributed by atoms with E-state index in [1.807, 2.05) is 36.7 Å². The van der Waals surface area contributed by atoms with Crippen molar-refractivity contribution >= 4 is 11.5 Å². The average molecular weight is 252 g/mol. The Labute approximate surface area is 111 Å². The standard InChI is InChI=1S/C15H16N4/c1-9-7-10(2)14(16)11(3)13(9)12-8-19-6-4-5-17-15(19)18-12/h4-8H,16H2,1-3H3. The predicted octanol–water partition coefficient (Wildman–Crippen LogP) is 2.90. The number of benzene rings is 1.